The van der Waals surface area contributed by atoms with Crippen LogP contribution in [0.5, 0.6) is 0 Å². The summed E-state index contributed by atoms with van der Waals surface area (Å²) >= 11 is 0. The van der Waals surface area contributed by atoms with E-state index in [2.05, 4.69) is 14.9 Å². The van der Waals surface area contributed by atoms with E-state index in [1.165, 1.54) is 0 Å². The van der Waals surface area contributed by atoms with Gasteiger partial charge in [0.25, 0.3) is 5.91 Å². The molecule has 0 bridgehead atoms. The maximum atomic E-state index is 13.0. The van der Waals surface area contributed by atoms with E-state index in [1.807, 2.05) is 35.0 Å². The summed E-state index contributed by atoms with van der Waals surface area (Å²) in [7, 11) is 5.84. The van der Waals surface area contributed by atoms with Crippen molar-refractivity contribution in [3.8, 4) is 0 Å². The van der Waals surface area contributed by atoms with Crippen LogP contribution >= 0.6 is 0 Å². The van der Waals surface area contributed by atoms with Gasteiger partial charge in [0.05, 0.1) is 6.04 Å². The number of hydrogen-bond acceptors (Lipinski definition) is 5. The zero-order valence-electron chi connectivity index (χ0n) is 16.8. The molecular weight excluding hydrogens is 346 g/mol. The molecule has 1 aromatic rings. The molecule has 1 aromatic carbocycles. The molecular formula is C19H29N5O3. The van der Waals surface area contributed by atoms with Gasteiger partial charge in [-0.25, -0.2) is 0 Å². The summed E-state index contributed by atoms with van der Waals surface area (Å²) in [4.78, 5) is 19.7. The molecule has 2 unspecified atom stereocenters. The second kappa shape index (κ2) is 9.19. The highest BCUT2D eigenvalue weighted by Gasteiger charge is 2.50. The number of rotatable bonds is 8. The molecule has 1 saturated carbocycles. The maximum absolute atomic E-state index is 13.0. The lowest BCUT2D eigenvalue weighted by atomic mass is 10.1. The summed E-state index contributed by atoms with van der Waals surface area (Å²) in [5.74, 6) is -0.744. The van der Waals surface area contributed by atoms with E-state index in [1.54, 1.807) is 29.2 Å². The topological polar surface area (TPSA) is 90.8 Å². The molecule has 8 nitrogen and oxygen atoms in total. The van der Waals surface area contributed by atoms with Gasteiger partial charge >= 0.3 is 0 Å². The fourth-order valence-corrected chi connectivity index (χ4v) is 3.79. The maximum Gasteiger partial charge on any atom is 0.253 e. The number of carbonyl (C=O) groups excluding carboxylic acids is 1. The number of benzene rings is 1. The molecule has 0 spiro atoms. The summed E-state index contributed by atoms with van der Waals surface area (Å²) in [5.41, 5.74) is 9.54. The van der Waals surface area contributed by atoms with Gasteiger partial charge in [-0.1, -0.05) is 17.2 Å². The Labute approximate surface area is 160 Å². The lowest BCUT2D eigenvalue weighted by Gasteiger charge is -2.33. The van der Waals surface area contributed by atoms with Crippen molar-refractivity contribution in [2.75, 3.05) is 34.4 Å². The van der Waals surface area contributed by atoms with Gasteiger partial charge in [0.2, 0.25) is 0 Å². The molecule has 8 heteroatoms. The zero-order chi connectivity index (χ0) is 20.0. The standard InChI is InChI=1S/C19H29N5O3/c1-6-26-19(27-7-2)12-16(23(3)4)17(13-19)24(5)18(25)14-8-10-15(11-9-14)21-22-20/h8-11,16-17H,6-7,12-13H2,1-5H3. The molecule has 0 aromatic heterocycles. The molecule has 1 aliphatic rings. The van der Waals surface area contributed by atoms with Gasteiger partial charge in [-0.3, -0.25) is 4.79 Å². The van der Waals surface area contributed by atoms with Crippen LogP contribution in [0.4, 0.5) is 5.69 Å². The van der Waals surface area contributed by atoms with Crippen molar-refractivity contribution in [1.82, 2.24) is 9.80 Å². The molecule has 0 heterocycles. The Balaban J connectivity index is 2.24. The first-order valence-electron chi connectivity index (χ1n) is 9.24. The van der Waals surface area contributed by atoms with Crippen molar-refractivity contribution in [1.29, 1.82) is 0 Å². The molecule has 0 radical (unpaired) electrons. The van der Waals surface area contributed by atoms with Gasteiger partial charge in [-0.05, 0) is 45.6 Å². The van der Waals surface area contributed by atoms with Crippen molar-refractivity contribution in [3.05, 3.63) is 40.3 Å². The van der Waals surface area contributed by atoms with Crippen LogP contribution in [0.15, 0.2) is 29.4 Å². The fourth-order valence-electron chi connectivity index (χ4n) is 3.79. The van der Waals surface area contributed by atoms with Gasteiger partial charge < -0.3 is 19.3 Å². The van der Waals surface area contributed by atoms with Crippen molar-refractivity contribution >= 4 is 11.6 Å². The molecule has 27 heavy (non-hydrogen) atoms. The highest BCUT2D eigenvalue weighted by atomic mass is 16.7. The minimum atomic E-state index is -0.664. The second-order valence-corrected chi connectivity index (χ2v) is 6.94. The van der Waals surface area contributed by atoms with Crippen LogP contribution in [0.25, 0.3) is 10.4 Å². The largest absolute Gasteiger partial charge is 0.350 e. The quantitative estimate of drug-likeness (QED) is 0.301. The third kappa shape index (κ3) is 4.78. The van der Waals surface area contributed by atoms with Crippen molar-refractivity contribution in [2.45, 2.75) is 44.6 Å². The molecule has 1 fully saturated rings. The van der Waals surface area contributed by atoms with E-state index in [0.29, 0.717) is 37.3 Å². The average molecular weight is 375 g/mol. The zero-order valence-corrected chi connectivity index (χ0v) is 16.8. The van der Waals surface area contributed by atoms with Crippen LogP contribution in [0.1, 0.15) is 37.0 Å². The Morgan fingerprint density at radius 2 is 1.70 bits per heavy atom. The second-order valence-electron chi connectivity index (χ2n) is 6.94. The average Bonchev–Trinajstić information content (AvgIpc) is 3.02. The summed E-state index contributed by atoms with van der Waals surface area (Å²) in [6.45, 7) is 5.04. The summed E-state index contributed by atoms with van der Waals surface area (Å²) < 4.78 is 12.0. The first-order valence-corrected chi connectivity index (χ1v) is 9.24. The predicted molar refractivity (Wildman–Crippen MR) is 104 cm³/mol. The Bertz CT molecular complexity index is 679. The van der Waals surface area contributed by atoms with E-state index in [-0.39, 0.29) is 18.0 Å². The van der Waals surface area contributed by atoms with Crippen molar-refractivity contribution in [3.63, 3.8) is 0 Å². The van der Waals surface area contributed by atoms with Crippen LogP contribution in [0, 0.1) is 0 Å². The fraction of sp³-hybridized carbons (Fsp3) is 0.632. The minimum Gasteiger partial charge on any atom is -0.350 e. The lowest BCUT2D eigenvalue weighted by molar-refractivity contribution is -0.230. The van der Waals surface area contributed by atoms with Crippen LogP contribution in [0.3, 0.4) is 0 Å². The number of ether oxygens (including phenoxy) is 2. The van der Waals surface area contributed by atoms with E-state index < -0.39 is 5.79 Å². The smallest absolute Gasteiger partial charge is 0.253 e. The summed E-state index contributed by atoms with van der Waals surface area (Å²) in [6, 6.07) is 6.73. The van der Waals surface area contributed by atoms with Crippen LogP contribution in [0.2, 0.25) is 0 Å². The normalized spacial score (nSPS) is 21.1. The third-order valence-electron chi connectivity index (χ3n) is 5.05. The van der Waals surface area contributed by atoms with Gasteiger partial charge in [0.1, 0.15) is 0 Å². The number of azide groups is 1. The van der Waals surface area contributed by atoms with Gasteiger partial charge in [-0.2, -0.15) is 0 Å². The molecule has 1 amide bonds. The first kappa shape index (κ1) is 21.2. The number of amides is 1. The van der Waals surface area contributed by atoms with Crippen molar-refractivity contribution < 1.29 is 14.3 Å². The van der Waals surface area contributed by atoms with E-state index in [0.717, 1.165) is 0 Å². The molecule has 2 atom stereocenters. The lowest BCUT2D eigenvalue weighted by Crippen LogP contribution is -2.47. The Kier molecular flexibility index (Phi) is 7.21. The SMILES string of the molecule is CCOC1(OCC)CC(N(C)C)C(N(C)C(=O)c2ccc(N=[N+]=[N-])cc2)C1. The first-order chi connectivity index (χ1) is 12.9. The van der Waals surface area contributed by atoms with Crippen molar-refractivity contribution in [2.24, 2.45) is 5.11 Å². The van der Waals surface area contributed by atoms with Crippen LogP contribution in [-0.2, 0) is 9.47 Å². The van der Waals surface area contributed by atoms with Gasteiger partial charge in [0.15, 0.2) is 5.79 Å². The van der Waals surface area contributed by atoms with E-state index >= 15 is 0 Å². The molecule has 148 valence electrons. The van der Waals surface area contributed by atoms with E-state index in [4.69, 9.17) is 15.0 Å². The van der Waals surface area contributed by atoms with Crippen LogP contribution < -0.4 is 0 Å². The molecule has 1 aliphatic carbocycles. The molecule has 0 saturated heterocycles. The van der Waals surface area contributed by atoms with Crippen LogP contribution in [-0.4, -0.2) is 67.9 Å². The highest BCUT2D eigenvalue weighted by Crippen LogP contribution is 2.39. The third-order valence-corrected chi connectivity index (χ3v) is 5.05. The monoisotopic (exact) mass is 375 g/mol. The molecule has 0 aliphatic heterocycles. The summed E-state index contributed by atoms with van der Waals surface area (Å²) in [6.07, 6.45) is 1.33. The number of hydrogen-bond donors (Lipinski definition) is 0. The molecule has 0 N–H and O–H groups in total. The summed E-state index contributed by atoms with van der Waals surface area (Å²) in [5, 5.41) is 3.54. The van der Waals surface area contributed by atoms with E-state index in [9.17, 15) is 4.79 Å². The Hall–Kier alpha value is -2.12. The highest BCUT2D eigenvalue weighted by molar-refractivity contribution is 5.94. The Morgan fingerprint density at radius 1 is 1.15 bits per heavy atom. The number of likely N-dealkylation sites (N-methyl/N-ethyl adjacent to an activating group) is 2. The minimum absolute atomic E-state index is 0.0394. The number of carbonyl (C=O) groups is 1. The number of nitrogens with zero attached hydrogens (tertiary/aromatic N) is 5. The van der Waals surface area contributed by atoms with Gasteiger partial charge in [0, 0.05) is 55.3 Å². The Morgan fingerprint density at radius 3 is 2.19 bits per heavy atom. The predicted octanol–water partition coefficient (Wildman–Crippen LogP) is 3.56. The molecule has 2 rings (SSSR count). The van der Waals surface area contributed by atoms with Gasteiger partial charge in [-0.15, -0.1) is 0 Å².